The maximum absolute atomic E-state index is 13.8. The monoisotopic (exact) mass is 592 g/mol. The molecule has 3 aromatic carbocycles. The van der Waals surface area contributed by atoms with Gasteiger partial charge in [-0.25, -0.2) is 13.4 Å². The number of halogens is 1. The summed E-state index contributed by atoms with van der Waals surface area (Å²) in [6, 6.07) is 25.6. The number of ether oxygens (including phenoxy) is 1. The van der Waals surface area contributed by atoms with Crippen LogP contribution in [-0.4, -0.2) is 73.1 Å². The zero-order valence-electron chi connectivity index (χ0n) is 22.7. The standard InChI is InChI=1S/C31H33ClN4O4S/c32-28-13-7-12-27(20-28)30(37)35(15-14-34-16-18-40-19-17-34)23-29-21-33-31(36(29)22-25-8-3-1-4-9-25)41(38,39)24-26-10-5-2-6-11-26/h1-13,20-21H,14-19,22-24H2. The molecule has 1 amide bonds. The van der Waals surface area contributed by atoms with Crippen molar-refractivity contribution in [1.82, 2.24) is 19.4 Å². The summed E-state index contributed by atoms with van der Waals surface area (Å²) in [6.07, 6.45) is 1.58. The highest BCUT2D eigenvalue weighted by molar-refractivity contribution is 7.90. The lowest BCUT2D eigenvalue weighted by Crippen LogP contribution is -2.43. The van der Waals surface area contributed by atoms with Gasteiger partial charge in [0, 0.05) is 36.8 Å². The van der Waals surface area contributed by atoms with Crippen molar-refractivity contribution in [3.8, 4) is 0 Å². The van der Waals surface area contributed by atoms with Crippen molar-refractivity contribution in [2.45, 2.75) is 24.0 Å². The van der Waals surface area contributed by atoms with Gasteiger partial charge in [0.05, 0.1) is 43.9 Å². The molecule has 1 saturated heterocycles. The van der Waals surface area contributed by atoms with Crippen LogP contribution in [0.1, 0.15) is 27.2 Å². The number of morpholine rings is 1. The Balaban J connectivity index is 1.48. The van der Waals surface area contributed by atoms with Crippen molar-refractivity contribution in [2.75, 3.05) is 39.4 Å². The lowest BCUT2D eigenvalue weighted by Gasteiger charge is -2.30. The van der Waals surface area contributed by atoms with Crippen molar-refractivity contribution in [3.63, 3.8) is 0 Å². The molecule has 0 bridgehead atoms. The maximum atomic E-state index is 13.8. The second kappa shape index (κ2) is 13.4. The second-order valence-electron chi connectivity index (χ2n) is 10.0. The molecular formula is C31H33ClN4O4S. The Labute approximate surface area is 246 Å². The fourth-order valence-electron chi connectivity index (χ4n) is 4.90. The number of hydrogen-bond acceptors (Lipinski definition) is 6. The fourth-order valence-corrected chi connectivity index (χ4v) is 6.58. The summed E-state index contributed by atoms with van der Waals surface area (Å²) in [5.74, 6) is -0.344. The van der Waals surface area contributed by atoms with Crippen LogP contribution in [0.25, 0.3) is 0 Å². The number of amides is 1. The molecule has 0 atom stereocenters. The van der Waals surface area contributed by atoms with E-state index in [1.165, 1.54) is 0 Å². The predicted molar refractivity (Wildman–Crippen MR) is 159 cm³/mol. The normalized spacial score (nSPS) is 14.2. The maximum Gasteiger partial charge on any atom is 0.254 e. The number of imidazole rings is 1. The molecule has 0 aliphatic carbocycles. The number of nitrogens with zero attached hydrogens (tertiary/aromatic N) is 4. The number of benzene rings is 3. The average Bonchev–Trinajstić information content (AvgIpc) is 3.39. The van der Waals surface area contributed by atoms with Gasteiger partial charge < -0.3 is 14.2 Å². The fraction of sp³-hybridized carbons (Fsp3) is 0.290. The first-order valence-corrected chi connectivity index (χ1v) is 15.6. The van der Waals surface area contributed by atoms with Crippen LogP contribution >= 0.6 is 11.6 Å². The van der Waals surface area contributed by atoms with E-state index in [2.05, 4.69) is 9.88 Å². The molecule has 10 heteroatoms. The highest BCUT2D eigenvalue weighted by Crippen LogP contribution is 2.22. The molecule has 4 aromatic rings. The molecule has 1 aromatic heterocycles. The molecule has 8 nitrogen and oxygen atoms in total. The Morgan fingerprint density at radius 3 is 2.29 bits per heavy atom. The molecule has 1 aliphatic rings. The van der Waals surface area contributed by atoms with Crippen LogP contribution in [0, 0.1) is 0 Å². The minimum absolute atomic E-state index is 0.0106. The summed E-state index contributed by atoms with van der Waals surface area (Å²) in [5.41, 5.74) is 2.74. The van der Waals surface area contributed by atoms with Gasteiger partial charge in [-0.1, -0.05) is 78.3 Å². The molecule has 41 heavy (non-hydrogen) atoms. The van der Waals surface area contributed by atoms with Gasteiger partial charge in [-0.15, -0.1) is 0 Å². The van der Waals surface area contributed by atoms with Gasteiger partial charge in [0.15, 0.2) is 0 Å². The highest BCUT2D eigenvalue weighted by atomic mass is 35.5. The number of hydrogen-bond donors (Lipinski definition) is 0. The highest BCUT2D eigenvalue weighted by Gasteiger charge is 2.27. The first-order valence-electron chi connectivity index (χ1n) is 13.6. The van der Waals surface area contributed by atoms with Gasteiger partial charge in [-0.3, -0.25) is 9.69 Å². The van der Waals surface area contributed by atoms with E-state index >= 15 is 0 Å². The Bertz CT molecular complexity index is 1560. The number of rotatable bonds is 11. The Hall–Kier alpha value is -3.50. The van der Waals surface area contributed by atoms with Crippen molar-refractivity contribution >= 4 is 27.3 Å². The summed E-state index contributed by atoms with van der Waals surface area (Å²) < 4.78 is 34.5. The SMILES string of the molecule is O=C(c1cccc(Cl)c1)N(CCN1CCOCC1)Cc1cnc(S(=O)(=O)Cc2ccccc2)n1Cc1ccccc1. The van der Waals surface area contributed by atoms with Crippen molar-refractivity contribution in [1.29, 1.82) is 0 Å². The van der Waals surface area contributed by atoms with Gasteiger partial charge in [-0.05, 0) is 29.3 Å². The molecule has 1 fully saturated rings. The third-order valence-electron chi connectivity index (χ3n) is 7.06. The third kappa shape index (κ3) is 7.62. The van der Waals surface area contributed by atoms with Crippen LogP contribution in [-0.2, 0) is 33.4 Å². The molecule has 0 saturated carbocycles. The lowest BCUT2D eigenvalue weighted by molar-refractivity contribution is 0.0319. The number of sulfone groups is 1. The topological polar surface area (TPSA) is 84.7 Å². The number of carbonyl (C=O) groups excluding carboxylic acids is 1. The van der Waals surface area contributed by atoms with Crippen LogP contribution in [0.15, 0.2) is 96.3 Å². The van der Waals surface area contributed by atoms with E-state index in [-0.39, 0.29) is 23.4 Å². The molecule has 0 spiro atoms. The van der Waals surface area contributed by atoms with Gasteiger partial charge in [-0.2, -0.15) is 0 Å². The molecule has 2 heterocycles. The first kappa shape index (κ1) is 29.0. The van der Waals surface area contributed by atoms with Crippen molar-refractivity contribution < 1.29 is 17.9 Å². The minimum Gasteiger partial charge on any atom is -0.379 e. The Morgan fingerprint density at radius 1 is 0.927 bits per heavy atom. The Morgan fingerprint density at radius 2 is 1.61 bits per heavy atom. The predicted octanol–water partition coefficient (Wildman–Crippen LogP) is 4.53. The largest absolute Gasteiger partial charge is 0.379 e. The van der Waals surface area contributed by atoms with Gasteiger partial charge in [0.1, 0.15) is 0 Å². The van der Waals surface area contributed by atoms with Crippen molar-refractivity contribution in [3.05, 3.63) is 119 Å². The molecule has 0 radical (unpaired) electrons. The molecule has 214 valence electrons. The molecule has 0 N–H and O–H groups in total. The van der Waals surface area contributed by atoms with E-state index in [0.29, 0.717) is 54.7 Å². The minimum atomic E-state index is -3.78. The summed E-state index contributed by atoms with van der Waals surface area (Å²) in [6.45, 7) is 4.54. The summed E-state index contributed by atoms with van der Waals surface area (Å²) in [7, 11) is -3.78. The van der Waals surface area contributed by atoms with E-state index < -0.39 is 9.84 Å². The summed E-state index contributed by atoms with van der Waals surface area (Å²) in [4.78, 5) is 22.2. The zero-order chi connectivity index (χ0) is 28.7. The van der Waals surface area contributed by atoms with E-state index in [4.69, 9.17) is 16.3 Å². The van der Waals surface area contributed by atoms with E-state index in [9.17, 15) is 13.2 Å². The molecular weight excluding hydrogens is 560 g/mol. The summed E-state index contributed by atoms with van der Waals surface area (Å²) in [5, 5.41) is 0.468. The van der Waals surface area contributed by atoms with E-state index in [1.54, 1.807) is 52.1 Å². The van der Waals surface area contributed by atoms with Crippen LogP contribution in [0.2, 0.25) is 5.02 Å². The van der Waals surface area contributed by atoms with Crippen LogP contribution < -0.4 is 0 Å². The van der Waals surface area contributed by atoms with Crippen LogP contribution in [0.5, 0.6) is 0 Å². The van der Waals surface area contributed by atoms with E-state index in [1.807, 2.05) is 48.5 Å². The third-order valence-corrected chi connectivity index (χ3v) is 8.89. The lowest BCUT2D eigenvalue weighted by atomic mass is 10.2. The smallest absolute Gasteiger partial charge is 0.254 e. The average molecular weight is 593 g/mol. The first-order chi connectivity index (χ1) is 19.9. The molecule has 1 aliphatic heterocycles. The number of carbonyl (C=O) groups is 1. The Kier molecular flexibility index (Phi) is 9.51. The number of aromatic nitrogens is 2. The van der Waals surface area contributed by atoms with Crippen LogP contribution in [0.3, 0.4) is 0 Å². The van der Waals surface area contributed by atoms with Gasteiger partial charge >= 0.3 is 0 Å². The van der Waals surface area contributed by atoms with Gasteiger partial charge in [0.2, 0.25) is 15.0 Å². The van der Waals surface area contributed by atoms with Crippen molar-refractivity contribution in [2.24, 2.45) is 0 Å². The summed E-state index contributed by atoms with van der Waals surface area (Å²) >= 11 is 6.21. The second-order valence-corrected chi connectivity index (χ2v) is 12.4. The zero-order valence-corrected chi connectivity index (χ0v) is 24.3. The van der Waals surface area contributed by atoms with Crippen LogP contribution in [0.4, 0.5) is 0 Å². The van der Waals surface area contributed by atoms with E-state index in [0.717, 1.165) is 18.7 Å². The molecule has 0 unspecified atom stereocenters. The molecule has 5 rings (SSSR count). The quantitative estimate of drug-likeness (QED) is 0.254. The van der Waals surface area contributed by atoms with Gasteiger partial charge in [0.25, 0.3) is 5.91 Å².